The van der Waals surface area contributed by atoms with Crippen molar-refractivity contribution >= 4 is 32.6 Å². The summed E-state index contributed by atoms with van der Waals surface area (Å²) in [6.07, 6.45) is 6.70. The van der Waals surface area contributed by atoms with Gasteiger partial charge in [-0.05, 0) is 80.4 Å². The van der Waals surface area contributed by atoms with Gasteiger partial charge in [0, 0.05) is 6.42 Å². The fraction of sp³-hybridized carbons (Fsp3) is 0.600. The van der Waals surface area contributed by atoms with E-state index in [4.69, 9.17) is 0 Å². The van der Waals surface area contributed by atoms with Crippen LogP contribution < -0.4 is 5.32 Å². The predicted octanol–water partition coefficient (Wildman–Crippen LogP) is 4.26. The number of hydrogen-bond donors (Lipinski definition) is 2. The van der Waals surface area contributed by atoms with E-state index in [1.807, 2.05) is 12.1 Å². The molecule has 2 atom stereocenters. The Morgan fingerprint density at radius 2 is 2.08 bits per heavy atom. The molecule has 4 saturated carbocycles. The first-order chi connectivity index (χ1) is 11.9. The van der Waals surface area contributed by atoms with Gasteiger partial charge in [-0.25, -0.2) is 4.98 Å². The van der Waals surface area contributed by atoms with Gasteiger partial charge < -0.3 is 10.4 Å². The first kappa shape index (κ1) is 15.8. The van der Waals surface area contributed by atoms with Gasteiger partial charge in [0.2, 0.25) is 5.91 Å². The molecule has 1 aromatic heterocycles. The predicted molar refractivity (Wildman–Crippen MR) is 99.7 cm³/mol. The third-order valence-corrected chi connectivity index (χ3v) is 7.41. The highest BCUT2D eigenvalue weighted by atomic mass is 32.1. The second-order valence-electron chi connectivity index (χ2n) is 8.90. The molecule has 4 fully saturated rings. The second-order valence-corrected chi connectivity index (χ2v) is 9.93. The molecule has 0 spiro atoms. The number of carbonyl (C=O) groups is 1. The highest BCUT2D eigenvalue weighted by Crippen LogP contribution is 2.62. The molecule has 0 unspecified atom stereocenters. The largest absolute Gasteiger partial charge is 0.390 e. The van der Waals surface area contributed by atoms with Crippen molar-refractivity contribution in [2.24, 2.45) is 17.3 Å². The van der Waals surface area contributed by atoms with E-state index in [9.17, 15) is 9.90 Å². The maximum atomic E-state index is 12.7. The zero-order valence-electron chi connectivity index (χ0n) is 14.5. The number of nitrogens with zero attached hydrogens (tertiary/aromatic N) is 1. The molecular formula is C20H24N2O2S. The van der Waals surface area contributed by atoms with Gasteiger partial charge in [0.25, 0.3) is 0 Å². The first-order valence-electron chi connectivity index (χ1n) is 9.30. The molecule has 4 aliphatic carbocycles. The Hall–Kier alpha value is -1.46. The fourth-order valence-electron chi connectivity index (χ4n) is 6.20. The van der Waals surface area contributed by atoms with Gasteiger partial charge in [-0.3, -0.25) is 4.79 Å². The summed E-state index contributed by atoms with van der Waals surface area (Å²) in [5.41, 5.74) is 1.65. The van der Waals surface area contributed by atoms with Gasteiger partial charge in [-0.2, -0.15) is 0 Å². The Kier molecular flexibility index (Phi) is 3.32. The third kappa shape index (κ3) is 2.77. The van der Waals surface area contributed by atoms with Crippen LogP contribution in [0.2, 0.25) is 0 Å². The quantitative estimate of drug-likeness (QED) is 0.863. The maximum Gasteiger partial charge on any atom is 0.226 e. The van der Waals surface area contributed by atoms with Gasteiger partial charge in [-0.15, -0.1) is 0 Å². The highest BCUT2D eigenvalue weighted by molar-refractivity contribution is 7.22. The van der Waals surface area contributed by atoms with Gasteiger partial charge >= 0.3 is 0 Å². The Morgan fingerprint density at radius 3 is 2.80 bits per heavy atom. The maximum absolute atomic E-state index is 12.7. The number of aromatic nitrogens is 1. The van der Waals surface area contributed by atoms with Crippen LogP contribution in [-0.2, 0) is 4.79 Å². The van der Waals surface area contributed by atoms with Crippen LogP contribution in [0, 0.1) is 24.2 Å². The summed E-state index contributed by atoms with van der Waals surface area (Å²) in [4.78, 5) is 17.3. The summed E-state index contributed by atoms with van der Waals surface area (Å²) in [7, 11) is 0. The number of hydrogen-bond acceptors (Lipinski definition) is 4. The third-order valence-electron chi connectivity index (χ3n) is 6.48. The smallest absolute Gasteiger partial charge is 0.226 e. The normalized spacial score (nSPS) is 36.1. The Balaban J connectivity index is 1.33. The Morgan fingerprint density at radius 1 is 1.32 bits per heavy atom. The van der Waals surface area contributed by atoms with Gasteiger partial charge in [0.1, 0.15) is 0 Å². The van der Waals surface area contributed by atoms with E-state index in [2.05, 4.69) is 23.3 Å². The molecule has 2 N–H and O–H groups in total. The number of aliphatic hydroxyl groups is 1. The summed E-state index contributed by atoms with van der Waals surface area (Å²) in [6, 6.07) is 6.16. The van der Waals surface area contributed by atoms with Crippen LogP contribution >= 0.6 is 11.3 Å². The summed E-state index contributed by atoms with van der Waals surface area (Å²) < 4.78 is 1.11. The number of nitrogens with one attached hydrogen (secondary N) is 1. The lowest BCUT2D eigenvalue weighted by Gasteiger charge is -2.60. The zero-order chi connectivity index (χ0) is 17.2. The minimum atomic E-state index is -0.502. The minimum Gasteiger partial charge on any atom is -0.390 e. The second kappa shape index (κ2) is 5.27. The molecule has 0 radical (unpaired) electrons. The molecule has 132 valence electrons. The zero-order valence-corrected chi connectivity index (χ0v) is 15.4. The van der Waals surface area contributed by atoms with Gasteiger partial charge in [0.15, 0.2) is 5.13 Å². The van der Waals surface area contributed by atoms with Crippen molar-refractivity contribution in [2.75, 3.05) is 5.32 Å². The Bertz CT molecular complexity index is 844. The van der Waals surface area contributed by atoms with Crippen LogP contribution in [0.25, 0.3) is 10.2 Å². The molecule has 4 aliphatic rings. The molecule has 2 aromatic rings. The van der Waals surface area contributed by atoms with Crippen LogP contribution in [0.4, 0.5) is 5.13 Å². The molecule has 4 nitrogen and oxygen atoms in total. The number of amides is 1. The highest BCUT2D eigenvalue weighted by Gasteiger charge is 2.57. The average Bonchev–Trinajstić information content (AvgIpc) is 2.84. The van der Waals surface area contributed by atoms with Crippen LogP contribution in [0.5, 0.6) is 0 Å². The van der Waals surface area contributed by atoms with Crippen molar-refractivity contribution in [3.63, 3.8) is 0 Å². The Labute approximate surface area is 151 Å². The van der Waals surface area contributed by atoms with Gasteiger partial charge in [-0.1, -0.05) is 17.4 Å². The number of thiazole rings is 1. The molecule has 4 bridgehead atoms. The van der Waals surface area contributed by atoms with Crippen LogP contribution in [-0.4, -0.2) is 21.6 Å². The summed E-state index contributed by atoms with van der Waals surface area (Å²) in [5.74, 6) is 1.29. The van der Waals surface area contributed by atoms with Crippen LogP contribution in [0.15, 0.2) is 18.2 Å². The lowest BCUT2D eigenvalue weighted by atomic mass is 9.47. The molecule has 1 amide bonds. The fourth-order valence-corrected chi connectivity index (χ4v) is 7.18. The molecule has 1 aromatic carbocycles. The average molecular weight is 356 g/mol. The number of anilines is 1. The van der Waals surface area contributed by atoms with Crippen molar-refractivity contribution < 1.29 is 9.90 Å². The van der Waals surface area contributed by atoms with E-state index in [-0.39, 0.29) is 11.3 Å². The van der Waals surface area contributed by atoms with Crippen molar-refractivity contribution in [3.8, 4) is 0 Å². The number of rotatable bonds is 3. The lowest BCUT2D eigenvalue weighted by Crippen LogP contribution is -2.56. The molecule has 5 heteroatoms. The number of carbonyl (C=O) groups excluding carboxylic acids is 1. The monoisotopic (exact) mass is 356 g/mol. The molecular weight excluding hydrogens is 332 g/mol. The van der Waals surface area contributed by atoms with Crippen molar-refractivity contribution in [1.29, 1.82) is 0 Å². The standard InChI is InChI=1S/C20H24N2O2S/c1-12-2-3-15-16(4-12)25-18(21-15)22-17(23)10-19-6-13-5-14(7-19)9-20(24,8-13)11-19/h2-4,13-14,24H,5-11H2,1H3,(H,21,22,23)/t13-,14-,19?,20?/m1/s1. The first-order valence-corrected chi connectivity index (χ1v) is 10.1. The molecule has 1 heterocycles. The number of fused-ring (bicyclic) bond motifs is 1. The molecule has 0 saturated heterocycles. The lowest BCUT2D eigenvalue weighted by molar-refractivity contribution is -0.167. The van der Waals surface area contributed by atoms with E-state index in [0.29, 0.717) is 23.4 Å². The van der Waals surface area contributed by atoms with E-state index >= 15 is 0 Å². The number of aryl methyl sites for hydroxylation is 1. The van der Waals surface area contributed by atoms with Crippen molar-refractivity contribution in [2.45, 2.75) is 57.5 Å². The minimum absolute atomic E-state index is 0.0101. The van der Waals surface area contributed by atoms with Crippen molar-refractivity contribution in [1.82, 2.24) is 4.98 Å². The van der Waals surface area contributed by atoms with E-state index in [1.54, 1.807) is 0 Å². The van der Waals surface area contributed by atoms with Gasteiger partial charge in [0.05, 0.1) is 15.8 Å². The van der Waals surface area contributed by atoms with E-state index < -0.39 is 5.60 Å². The molecule has 6 rings (SSSR count). The topological polar surface area (TPSA) is 62.2 Å². The molecule has 25 heavy (non-hydrogen) atoms. The van der Waals surface area contributed by atoms with E-state index in [1.165, 1.54) is 23.3 Å². The van der Waals surface area contributed by atoms with Crippen LogP contribution in [0.3, 0.4) is 0 Å². The summed E-state index contributed by atoms with van der Waals surface area (Å²) in [5, 5.41) is 14.6. The molecule has 0 aliphatic heterocycles. The SMILES string of the molecule is Cc1ccc2nc(NC(=O)CC34C[C@H]5C[C@@H](CC(O)(C5)C3)C4)sc2c1. The van der Waals surface area contributed by atoms with E-state index in [0.717, 1.165) is 42.3 Å². The van der Waals surface area contributed by atoms with Crippen molar-refractivity contribution in [3.05, 3.63) is 23.8 Å². The number of benzene rings is 1. The van der Waals surface area contributed by atoms with Crippen LogP contribution in [0.1, 0.15) is 50.5 Å². The summed E-state index contributed by atoms with van der Waals surface area (Å²) >= 11 is 1.54. The summed E-state index contributed by atoms with van der Waals surface area (Å²) in [6.45, 7) is 2.06.